The number of phenols is 2. The van der Waals surface area contributed by atoms with Crippen molar-refractivity contribution >= 4 is 0 Å². The quantitative estimate of drug-likeness (QED) is 0.579. The Labute approximate surface area is 72.7 Å². The molecule has 0 heterocycles. The van der Waals surface area contributed by atoms with E-state index in [1.54, 1.807) is 0 Å². The van der Waals surface area contributed by atoms with Crippen LogP contribution in [0.2, 0.25) is 0 Å². The van der Waals surface area contributed by atoms with Gasteiger partial charge in [0.25, 0.3) is 0 Å². The summed E-state index contributed by atoms with van der Waals surface area (Å²) >= 11 is 0. The Kier molecular flexibility index (Phi) is 2.03. The van der Waals surface area contributed by atoms with E-state index in [-0.39, 0.29) is 5.56 Å². The number of hydrogen-bond acceptors (Lipinski definition) is 4. The monoisotopic (exact) mass is 178 g/mol. The van der Waals surface area contributed by atoms with Crippen molar-refractivity contribution in [2.24, 2.45) is 0 Å². The van der Waals surface area contributed by atoms with Crippen LogP contribution in [0.1, 0.15) is 11.1 Å². The molecule has 0 aliphatic carbocycles. The first-order chi connectivity index (χ1) is 6.11. The summed E-state index contributed by atoms with van der Waals surface area (Å²) in [5.74, 6) is -3.05. The molecule has 1 aromatic carbocycles. The van der Waals surface area contributed by atoms with Crippen molar-refractivity contribution < 1.29 is 14.6 Å². The zero-order valence-corrected chi connectivity index (χ0v) is 6.24. The molecule has 1 rings (SSSR count). The molecule has 5 heteroatoms. The van der Waals surface area contributed by atoms with E-state index in [2.05, 4.69) is 0 Å². The van der Waals surface area contributed by atoms with Crippen LogP contribution in [0.4, 0.5) is 4.39 Å². The number of nitriles is 2. The average Bonchev–Trinajstić information content (AvgIpc) is 2.13. The summed E-state index contributed by atoms with van der Waals surface area (Å²) in [4.78, 5) is 0. The van der Waals surface area contributed by atoms with Gasteiger partial charge < -0.3 is 10.2 Å². The van der Waals surface area contributed by atoms with Gasteiger partial charge in [-0.25, -0.2) is 4.39 Å². The lowest BCUT2D eigenvalue weighted by atomic mass is 10.1. The van der Waals surface area contributed by atoms with Crippen LogP contribution in [-0.4, -0.2) is 10.2 Å². The van der Waals surface area contributed by atoms with Crippen molar-refractivity contribution in [1.29, 1.82) is 10.5 Å². The standard InChI is InChI=1S/C8H3FN2O2/c9-7-5(3-11)4(2-10)1-6(12)8(7)13/h1,12-13H. The van der Waals surface area contributed by atoms with Gasteiger partial charge in [0, 0.05) is 6.07 Å². The molecule has 0 radical (unpaired) electrons. The second-order valence-corrected chi connectivity index (χ2v) is 2.20. The summed E-state index contributed by atoms with van der Waals surface area (Å²) in [6.07, 6.45) is 0. The van der Waals surface area contributed by atoms with E-state index in [1.807, 2.05) is 0 Å². The molecule has 0 aromatic heterocycles. The molecule has 0 fully saturated rings. The zero-order valence-electron chi connectivity index (χ0n) is 6.24. The second kappa shape index (κ2) is 3.00. The van der Waals surface area contributed by atoms with E-state index >= 15 is 0 Å². The normalized spacial score (nSPS) is 8.85. The Bertz CT molecular complexity index is 443. The predicted octanol–water partition coefficient (Wildman–Crippen LogP) is 0.980. The number of aromatic hydroxyl groups is 2. The van der Waals surface area contributed by atoms with Crippen molar-refractivity contribution in [1.82, 2.24) is 0 Å². The minimum atomic E-state index is -1.28. The number of phenolic OH excluding ortho intramolecular Hbond substituents is 2. The molecular formula is C8H3FN2O2. The number of rotatable bonds is 0. The van der Waals surface area contributed by atoms with Crippen LogP contribution in [0, 0.1) is 28.5 Å². The van der Waals surface area contributed by atoms with E-state index in [1.165, 1.54) is 12.1 Å². The van der Waals surface area contributed by atoms with Gasteiger partial charge in [-0.05, 0) is 0 Å². The number of hydrogen-bond donors (Lipinski definition) is 2. The summed E-state index contributed by atoms with van der Waals surface area (Å²) in [5.41, 5.74) is -0.881. The Morgan fingerprint density at radius 1 is 1.23 bits per heavy atom. The fraction of sp³-hybridized carbons (Fsp3) is 0. The van der Waals surface area contributed by atoms with Crippen molar-refractivity contribution in [2.75, 3.05) is 0 Å². The van der Waals surface area contributed by atoms with Crippen molar-refractivity contribution in [3.05, 3.63) is 23.0 Å². The highest BCUT2D eigenvalue weighted by molar-refractivity contribution is 5.56. The lowest BCUT2D eigenvalue weighted by Gasteiger charge is -2.01. The fourth-order valence-electron chi connectivity index (χ4n) is 0.824. The molecule has 0 bridgehead atoms. The maximum Gasteiger partial charge on any atom is 0.195 e. The third-order valence-corrected chi connectivity index (χ3v) is 1.45. The van der Waals surface area contributed by atoms with Gasteiger partial charge in [-0.15, -0.1) is 0 Å². The minimum Gasteiger partial charge on any atom is -0.504 e. The molecule has 64 valence electrons. The minimum absolute atomic E-state index is 0.310. The van der Waals surface area contributed by atoms with Crippen LogP contribution < -0.4 is 0 Å². The Balaban J connectivity index is 3.63. The van der Waals surface area contributed by atoms with E-state index in [4.69, 9.17) is 20.7 Å². The van der Waals surface area contributed by atoms with Gasteiger partial charge in [-0.3, -0.25) is 0 Å². The fourth-order valence-corrected chi connectivity index (χ4v) is 0.824. The molecule has 0 saturated heterocycles. The number of halogens is 1. The SMILES string of the molecule is N#Cc1cc(O)c(O)c(F)c1C#N. The van der Waals surface area contributed by atoms with Crippen LogP contribution in [0.15, 0.2) is 6.07 Å². The smallest absolute Gasteiger partial charge is 0.195 e. The summed E-state index contributed by atoms with van der Waals surface area (Å²) in [6.45, 7) is 0. The van der Waals surface area contributed by atoms with Crippen molar-refractivity contribution in [2.45, 2.75) is 0 Å². The van der Waals surface area contributed by atoms with E-state index in [0.29, 0.717) is 0 Å². The Morgan fingerprint density at radius 3 is 2.31 bits per heavy atom. The zero-order chi connectivity index (χ0) is 10.0. The van der Waals surface area contributed by atoms with E-state index < -0.39 is 22.9 Å². The topological polar surface area (TPSA) is 88.0 Å². The van der Waals surface area contributed by atoms with Gasteiger partial charge in [0.15, 0.2) is 17.3 Å². The molecule has 0 spiro atoms. The maximum absolute atomic E-state index is 12.9. The first kappa shape index (κ1) is 8.82. The highest BCUT2D eigenvalue weighted by Crippen LogP contribution is 2.31. The highest BCUT2D eigenvalue weighted by atomic mass is 19.1. The van der Waals surface area contributed by atoms with E-state index in [9.17, 15) is 4.39 Å². The molecule has 13 heavy (non-hydrogen) atoms. The van der Waals surface area contributed by atoms with Gasteiger partial charge in [-0.1, -0.05) is 0 Å². The lowest BCUT2D eigenvalue weighted by molar-refractivity contribution is 0.378. The van der Waals surface area contributed by atoms with Crippen LogP contribution in [-0.2, 0) is 0 Å². The molecule has 0 amide bonds. The summed E-state index contributed by atoms with van der Waals surface area (Å²) in [7, 11) is 0. The third kappa shape index (κ3) is 1.23. The third-order valence-electron chi connectivity index (χ3n) is 1.45. The van der Waals surface area contributed by atoms with Gasteiger partial charge in [-0.2, -0.15) is 10.5 Å². The van der Waals surface area contributed by atoms with Crippen LogP contribution in [0.3, 0.4) is 0 Å². The molecule has 1 aromatic rings. The summed E-state index contributed by atoms with van der Waals surface area (Å²) < 4.78 is 12.9. The number of benzene rings is 1. The van der Waals surface area contributed by atoms with Crippen molar-refractivity contribution in [3.8, 4) is 23.6 Å². The van der Waals surface area contributed by atoms with Gasteiger partial charge in [0.2, 0.25) is 0 Å². The molecule has 2 N–H and O–H groups in total. The lowest BCUT2D eigenvalue weighted by Crippen LogP contribution is -1.90. The van der Waals surface area contributed by atoms with Gasteiger partial charge >= 0.3 is 0 Å². The summed E-state index contributed by atoms with van der Waals surface area (Å²) in [5, 5.41) is 34.6. The molecule has 0 aliphatic heterocycles. The molecular weight excluding hydrogens is 175 g/mol. The average molecular weight is 178 g/mol. The van der Waals surface area contributed by atoms with Gasteiger partial charge in [0.05, 0.1) is 5.56 Å². The van der Waals surface area contributed by atoms with Crippen LogP contribution in [0.5, 0.6) is 11.5 Å². The first-order valence-electron chi connectivity index (χ1n) is 3.16. The van der Waals surface area contributed by atoms with E-state index in [0.717, 1.165) is 6.07 Å². The molecule has 0 aliphatic rings. The second-order valence-electron chi connectivity index (χ2n) is 2.20. The predicted molar refractivity (Wildman–Crippen MR) is 39.2 cm³/mol. The molecule has 0 unspecified atom stereocenters. The van der Waals surface area contributed by atoms with Crippen LogP contribution in [0.25, 0.3) is 0 Å². The molecule has 4 nitrogen and oxygen atoms in total. The Hall–Kier alpha value is -2.27. The maximum atomic E-state index is 12.9. The summed E-state index contributed by atoms with van der Waals surface area (Å²) in [6, 6.07) is 3.77. The largest absolute Gasteiger partial charge is 0.504 e. The molecule has 0 atom stereocenters. The highest BCUT2D eigenvalue weighted by Gasteiger charge is 2.16. The Morgan fingerprint density at radius 2 is 1.85 bits per heavy atom. The van der Waals surface area contributed by atoms with Crippen LogP contribution >= 0.6 is 0 Å². The van der Waals surface area contributed by atoms with Gasteiger partial charge in [0.1, 0.15) is 17.7 Å². The first-order valence-corrected chi connectivity index (χ1v) is 3.16. The number of nitrogens with zero attached hydrogens (tertiary/aromatic N) is 2. The van der Waals surface area contributed by atoms with Crippen molar-refractivity contribution in [3.63, 3.8) is 0 Å². The molecule has 0 saturated carbocycles.